The Balaban J connectivity index is 1.12. The third kappa shape index (κ3) is 4.07. The highest BCUT2D eigenvalue weighted by Crippen LogP contribution is 2.44. The highest BCUT2D eigenvalue weighted by Gasteiger charge is 2.22. The lowest BCUT2D eigenvalue weighted by atomic mass is 10.0. The van der Waals surface area contributed by atoms with Gasteiger partial charge in [-0.15, -0.1) is 0 Å². The molecule has 12 aromatic rings. The van der Waals surface area contributed by atoms with Crippen LogP contribution in [0.25, 0.3) is 109 Å². The normalized spacial score (nSPS) is 11.9. The van der Waals surface area contributed by atoms with Crippen molar-refractivity contribution in [2.24, 2.45) is 0 Å². The quantitative estimate of drug-likeness (QED) is 0.171. The van der Waals surface area contributed by atoms with Gasteiger partial charge in [-0.2, -0.15) is 5.26 Å². The Morgan fingerprint density at radius 3 is 1.66 bits per heavy atom. The van der Waals surface area contributed by atoms with Crippen molar-refractivity contribution in [2.45, 2.75) is 0 Å². The van der Waals surface area contributed by atoms with Gasteiger partial charge in [0.15, 0.2) is 5.69 Å². The summed E-state index contributed by atoms with van der Waals surface area (Å²) in [6.07, 6.45) is 0. The summed E-state index contributed by atoms with van der Waals surface area (Å²) in [7, 11) is 0. The topological polar surface area (TPSA) is 56.1 Å². The first-order chi connectivity index (χ1) is 27.7. The lowest BCUT2D eigenvalue weighted by Crippen LogP contribution is -1.95. The minimum Gasteiger partial charge on any atom is -0.456 e. The van der Waals surface area contributed by atoms with Crippen molar-refractivity contribution in [3.63, 3.8) is 0 Å². The van der Waals surface area contributed by atoms with Gasteiger partial charge in [0.2, 0.25) is 0 Å². The van der Waals surface area contributed by atoms with E-state index in [-0.39, 0.29) is 0 Å². The zero-order valence-corrected chi connectivity index (χ0v) is 29.7. The van der Waals surface area contributed by atoms with Gasteiger partial charge in [0.25, 0.3) is 0 Å². The number of para-hydroxylation sites is 3. The molecule has 0 saturated heterocycles. The van der Waals surface area contributed by atoms with Crippen LogP contribution in [-0.4, -0.2) is 13.7 Å². The fourth-order valence-corrected chi connectivity index (χ4v) is 9.11. The molecule has 0 atom stereocenters. The van der Waals surface area contributed by atoms with Crippen LogP contribution in [0.1, 0.15) is 5.56 Å². The molecule has 0 saturated carbocycles. The van der Waals surface area contributed by atoms with Gasteiger partial charge >= 0.3 is 0 Å². The molecule has 6 nitrogen and oxygen atoms in total. The molecule has 8 aromatic carbocycles. The van der Waals surface area contributed by atoms with E-state index in [1.807, 2.05) is 30.3 Å². The largest absolute Gasteiger partial charge is 0.456 e. The maximum absolute atomic E-state index is 9.98. The lowest BCUT2D eigenvalue weighted by Gasteiger charge is -2.10. The summed E-state index contributed by atoms with van der Waals surface area (Å²) < 4.78 is 13.4. The van der Waals surface area contributed by atoms with Gasteiger partial charge in [-0.3, -0.25) is 0 Å². The van der Waals surface area contributed by atoms with Crippen molar-refractivity contribution in [1.29, 1.82) is 5.26 Å². The number of hydrogen-bond donors (Lipinski definition) is 0. The number of nitriles is 1. The number of furan rings is 1. The molecule has 0 amide bonds. The SMILES string of the molecule is [C-]#[N+]c1ccc2c(c1)c1ccccc1n2-c1ccc2oc3ccc(-n4c5ccccc5c5c6c7cc(C#N)ccc7n(-c7ccccc7)c6ccc54)cc3c2c1. The van der Waals surface area contributed by atoms with Crippen molar-refractivity contribution >= 4 is 93.0 Å². The van der Waals surface area contributed by atoms with Crippen LogP contribution in [0.15, 0.2) is 168 Å². The molecule has 0 bridgehead atoms. The molecule has 6 heteroatoms. The van der Waals surface area contributed by atoms with Gasteiger partial charge in [0.1, 0.15) is 11.2 Å². The van der Waals surface area contributed by atoms with Gasteiger partial charge in [-0.1, -0.05) is 60.7 Å². The standard InChI is InChI=1S/C50H27N5O/c1-52-31-16-20-43-37(26-31)35-11-5-7-13-41(35)54(43)33-17-23-47-38(27-33)39-28-34(18-24-48(39)56-47)55-42-14-8-6-12-36(42)49-45(55)21-22-46-50(49)40-25-30(29-51)15-19-44(40)53(46)32-9-3-2-4-10-32/h2-28H. The molecule has 0 radical (unpaired) electrons. The zero-order chi connectivity index (χ0) is 37.1. The second kappa shape index (κ2) is 11.2. The molecule has 0 aliphatic heterocycles. The van der Waals surface area contributed by atoms with E-state index in [2.05, 4.69) is 158 Å². The molecule has 0 unspecified atom stereocenters. The van der Waals surface area contributed by atoms with Crippen molar-refractivity contribution in [2.75, 3.05) is 0 Å². The maximum atomic E-state index is 9.98. The Kier molecular flexibility index (Phi) is 6.10. The molecular formula is C50H27N5O. The van der Waals surface area contributed by atoms with Crippen molar-refractivity contribution in [1.82, 2.24) is 13.7 Å². The fourth-order valence-electron chi connectivity index (χ4n) is 9.11. The van der Waals surface area contributed by atoms with Crippen LogP contribution < -0.4 is 0 Å². The minimum absolute atomic E-state index is 0.629. The molecule has 0 aliphatic carbocycles. The predicted octanol–water partition coefficient (Wildman–Crippen LogP) is 13.3. The third-order valence-electron chi connectivity index (χ3n) is 11.4. The summed E-state index contributed by atoms with van der Waals surface area (Å²) in [5.74, 6) is 0. The van der Waals surface area contributed by atoms with E-state index in [4.69, 9.17) is 11.0 Å². The van der Waals surface area contributed by atoms with Gasteiger partial charge in [-0.25, -0.2) is 4.85 Å². The Hall–Kier alpha value is -8.06. The monoisotopic (exact) mass is 713 g/mol. The molecule has 12 rings (SSSR count). The third-order valence-corrected chi connectivity index (χ3v) is 11.4. The highest BCUT2D eigenvalue weighted by molar-refractivity contribution is 6.29. The first kappa shape index (κ1) is 30.4. The number of hydrogen-bond acceptors (Lipinski definition) is 2. The van der Waals surface area contributed by atoms with E-state index in [9.17, 15) is 5.26 Å². The number of aromatic nitrogens is 3. The average molecular weight is 714 g/mol. The van der Waals surface area contributed by atoms with Crippen LogP contribution in [0.3, 0.4) is 0 Å². The molecule has 4 aromatic heterocycles. The molecule has 0 spiro atoms. The number of benzene rings is 8. The Bertz CT molecular complexity index is 3730. The van der Waals surface area contributed by atoms with Crippen LogP contribution in [0.2, 0.25) is 0 Å². The predicted molar refractivity (Wildman–Crippen MR) is 228 cm³/mol. The second-order valence-electron chi connectivity index (χ2n) is 14.3. The van der Waals surface area contributed by atoms with Crippen molar-refractivity contribution in [3.8, 4) is 23.1 Å². The summed E-state index contributed by atoms with van der Waals surface area (Å²) in [5.41, 5.74) is 12.5. The van der Waals surface area contributed by atoms with Crippen LogP contribution in [0, 0.1) is 17.9 Å². The summed E-state index contributed by atoms with van der Waals surface area (Å²) in [5, 5.41) is 18.7. The van der Waals surface area contributed by atoms with Crippen molar-refractivity contribution < 1.29 is 4.42 Å². The van der Waals surface area contributed by atoms with E-state index >= 15 is 0 Å². The molecule has 0 aliphatic rings. The second-order valence-corrected chi connectivity index (χ2v) is 14.3. The van der Waals surface area contributed by atoms with Gasteiger partial charge < -0.3 is 18.1 Å². The maximum Gasteiger partial charge on any atom is 0.188 e. The minimum atomic E-state index is 0.629. The van der Waals surface area contributed by atoms with E-state index in [0.29, 0.717) is 11.3 Å². The number of rotatable bonds is 3. The highest BCUT2D eigenvalue weighted by atomic mass is 16.3. The van der Waals surface area contributed by atoms with E-state index in [0.717, 1.165) is 104 Å². The van der Waals surface area contributed by atoms with Crippen LogP contribution in [-0.2, 0) is 0 Å². The zero-order valence-electron chi connectivity index (χ0n) is 29.7. The van der Waals surface area contributed by atoms with E-state index in [1.54, 1.807) is 0 Å². The molecule has 4 heterocycles. The number of fused-ring (bicyclic) bond motifs is 13. The molecule has 0 fully saturated rings. The summed E-state index contributed by atoms with van der Waals surface area (Å²) in [4.78, 5) is 3.71. The molecule has 0 N–H and O–H groups in total. The van der Waals surface area contributed by atoms with Gasteiger partial charge in [-0.05, 0) is 109 Å². The Morgan fingerprint density at radius 2 is 0.964 bits per heavy atom. The smallest absolute Gasteiger partial charge is 0.188 e. The summed E-state index contributed by atoms with van der Waals surface area (Å²) >= 11 is 0. The fraction of sp³-hybridized carbons (Fsp3) is 0. The molecular weight excluding hydrogens is 687 g/mol. The lowest BCUT2D eigenvalue weighted by molar-refractivity contribution is 0.669. The van der Waals surface area contributed by atoms with Crippen LogP contribution in [0.4, 0.5) is 5.69 Å². The Morgan fingerprint density at radius 1 is 0.429 bits per heavy atom. The van der Waals surface area contributed by atoms with Crippen LogP contribution in [0.5, 0.6) is 0 Å². The first-order valence-corrected chi connectivity index (χ1v) is 18.5. The number of nitrogens with zero attached hydrogens (tertiary/aromatic N) is 5. The molecule has 258 valence electrons. The van der Waals surface area contributed by atoms with Crippen LogP contribution >= 0.6 is 0 Å². The first-order valence-electron chi connectivity index (χ1n) is 18.5. The van der Waals surface area contributed by atoms with E-state index in [1.165, 1.54) is 0 Å². The molecule has 56 heavy (non-hydrogen) atoms. The summed E-state index contributed by atoms with van der Waals surface area (Å²) in [6, 6.07) is 59.0. The van der Waals surface area contributed by atoms with E-state index < -0.39 is 0 Å². The Labute approximate surface area is 319 Å². The summed E-state index contributed by atoms with van der Waals surface area (Å²) in [6.45, 7) is 7.62. The van der Waals surface area contributed by atoms with Gasteiger partial charge in [0.05, 0.1) is 51.3 Å². The van der Waals surface area contributed by atoms with Crippen molar-refractivity contribution in [3.05, 3.63) is 181 Å². The average Bonchev–Trinajstić information content (AvgIpc) is 3.99. The van der Waals surface area contributed by atoms with Gasteiger partial charge in [0, 0.05) is 54.8 Å².